The fraction of sp³-hybridized carbons (Fsp3) is 0.600. The van der Waals surface area contributed by atoms with Crippen molar-refractivity contribution in [2.45, 2.75) is 51.6 Å². The number of carbonyl (C=O) groups excluding carboxylic acids is 1. The molecule has 1 unspecified atom stereocenters. The van der Waals surface area contributed by atoms with E-state index in [0.29, 0.717) is 6.54 Å². The van der Waals surface area contributed by atoms with Crippen molar-refractivity contribution in [3.63, 3.8) is 0 Å². The van der Waals surface area contributed by atoms with Crippen molar-refractivity contribution in [1.29, 1.82) is 0 Å². The lowest BCUT2D eigenvalue weighted by Crippen LogP contribution is -2.31. The molecule has 4 heteroatoms. The van der Waals surface area contributed by atoms with Crippen LogP contribution in [-0.4, -0.2) is 15.7 Å². The molecule has 1 N–H and O–H groups in total. The van der Waals surface area contributed by atoms with Crippen LogP contribution >= 0.6 is 0 Å². The minimum absolute atomic E-state index is 0.163. The lowest BCUT2D eigenvalue weighted by atomic mass is 9.93. The number of nitrogens with one attached hydrogen (secondary N) is 1. The van der Waals surface area contributed by atoms with Gasteiger partial charge >= 0.3 is 0 Å². The Morgan fingerprint density at radius 3 is 3.21 bits per heavy atom. The van der Waals surface area contributed by atoms with Crippen molar-refractivity contribution < 1.29 is 4.79 Å². The molecule has 1 atom stereocenters. The van der Waals surface area contributed by atoms with Crippen LogP contribution in [0.1, 0.15) is 43.4 Å². The minimum atomic E-state index is 0.163. The van der Waals surface area contributed by atoms with E-state index < -0.39 is 0 Å². The van der Waals surface area contributed by atoms with Gasteiger partial charge in [-0.3, -0.25) is 9.48 Å². The first kappa shape index (κ1) is 12.5. The van der Waals surface area contributed by atoms with Crippen LogP contribution in [0.5, 0.6) is 0 Å². The van der Waals surface area contributed by atoms with E-state index in [1.807, 2.05) is 6.20 Å². The van der Waals surface area contributed by atoms with E-state index in [1.165, 1.54) is 24.1 Å². The Morgan fingerprint density at radius 1 is 1.42 bits per heavy atom. The Hall–Kier alpha value is -1.58. The van der Waals surface area contributed by atoms with Crippen LogP contribution < -0.4 is 5.32 Å². The number of hydrogen-bond donors (Lipinski definition) is 1. The molecular formula is C15H21N3O. The summed E-state index contributed by atoms with van der Waals surface area (Å²) in [6.45, 7) is 1.66. The second-order valence-corrected chi connectivity index (χ2v) is 5.50. The maximum atomic E-state index is 12.1. The molecule has 0 aromatic carbocycles. The molecular weight excluding hydrogens is 238 g/mol. The normalized spacial score (nSPS) is 22.0. The molecule has 1 amide bonds. The quantitative estimate of drug-likeness (QED) is 0.846. The number of aryl methyl sites for hydroxylation is 1. The number of amides is 1. The molecule has 1 aromatic heterocycles. The topological polar surface area (TPSA) is 46.9 Å². The first-order valence-electron chi connectivity index (χ1n) is 7.31. The molecule has 2 aliphatic rings. The van der Waals surface area contributed by atoms with Gasteiger partial charge in [0.15, 0.2) is 0 Å². The highest BCUT2D eigenvalue weighted by Gasteiger charge is 2.20. The van der Waals surface area contributed by atoms with Gasteiger partial charge in [0.05, 0.1) is 6.20 Å². The Bertz CT molecular complexity index is 490. The summed E-state index contributed by atoms with van der Waals surface area (Å²) in [6, 6.07) is 0. The highest BCUT2D eigenvalue weighted by atomic mass is 16.1. The van der Waals surface area contributed by atoms with Gasteiger partial charge < -0.3 is 5.32 Å². The number of rotatable bonds is 3. The summed E-state index contributed by atoms with van der Waals surface area (Å²) in [4.78, 5) is 12.1. The van der Waals surface area contributed by atoms with Crippen molar-refractivity contribution >= 4 is 5.91 Å². The summed E-state index contributed by atoms with van der Waals surface area (Å²) < 4.78 is 2.09. The predicted molar refractivity (Wildman–Crippen MR) is 73.5 cm³/mol. The molecule has 19 heavy (non-hydrogen) atoms. The van der Waals surface area contributed by atoms with Crippen LogP contribution in [0, 0.1) is 5.92 Å². The van der Waals surface area contributed by atoms with Crippen LogP contribution in [0.3, 0.4) is 0 Å². The van der Waals surface area contributed by atoms with Crippen molar-refractivity contribution in [3.05, 3.63) is 29.6 Å². The molecule has 0 spiro atoms. The minimum Gasteiger partial charge on any atom is -0.352 e. The van der Waals surface area contributed by atoms with Crippen molar-refractivity contribution in [1.82, 2.24) is 15.1 Å². The molecule has 0 saturated heterocycles. The standard InChI is InChI=1S/C15H21N3O/c19-15(12-6-2-1-3-7-12)16-10-13-11-17-18-9-5-4-8-14(13)18/h1-2,11-12H,3-10H2,(H,16,19). The average Bonchev–Trinajstić information content (AvgIpc) is 2.89. The Kier molecular flexibility index (Phi) is 3.67. The zero-order valence-electron chi connectivity index (χ0n) is 11.3. The number of carbonyl (C=O) groups is 1. The van der Waals surface area contributed by atoms with Gasteiger partial charge in [-0.05, 0) is 38.5 Å². The molecule has 2 heterocycles. The number of allylic oxidation sites excluding steroid dienone is 2. The van der Waals surface area contributed by atoms with Crippen molar-refractivity contribution in [2.24, 2.45) is 5.92 Å². The van der Waals surface area contributed by atoms with E-state index in [-0.39, 0.29) is 11.8 Å². The fourth-order valence-electron chi connectivity index (χ4n) is 2.99. The fourth-order valence-corrected chi connectivity index (χ4v) is 2.99. The van der Waals surface area contributed by atoms with Crippen molar-refractivity contribution in [3.8, 4) is 0 Å². The smallest absolute Gasteiger partial charge is 0.223 e. The lowest BCUT2D eigenvalue weighted by Gasteiger charge is -2.18. The highest BCUT2D eigenvalue weighted by Crippen LogP contribution is 2.20. The molecule has 3 rings (SSSR count). The van der Waals surface area contributed by atoms with E-state index in [0.717, 1.165) is 32.2 Å². The number of nitrogens with zero attached hydrogens (tertiary/aromatic N) is 2. The Balaban J connectivity index is 1.58. The molecule has 102 valence electrons. The second-order valence-electron chi connectivity index (χ2n) is 5.50. The van der Waals surface area contributed by atoms with Crippen molar-refractivity contribution in [2.75, 3.05) is 0 Å². The largest absolute Gasteiger partial charge is 0.352 e. The van der Waals surface area contributed by atoms with Gasteiger partial charge in [0, 0.05) is 30.3 Å². The van der Waals surface area contributed by atoms with E-state index in [2.05, 4.69) is 27.2 Å². The molecule has 1 aromatic rings. The summed E-state index contributed by atoms with van der Waals surface area (Å²) in [6.07, 6.45) is 12.6. The first-order valence-corrected chi connectivity index (χ1v) is 7.31. The Labute approximate surface area is 113 Å². The van der Waals surface area contributed by atoms with Gasteiger partial charge in [0.2, 0.25) is 5.91 Å². The molecule has 0 radical (unpaired) electrons. The number of hydrogen-bond acceptors (Lipinski definition) is 2. The SMILES string of the molecule is O=C(NCc1cnn2c1CCCC2)C1CC=CCC1. The third-order valence-corrected chi connectivity index (χ3v) is 4.16. The zero-order valence-corrected chi connectivity index (χ0v) is 11.3. The monoisotopic (exact) mass is 259 g/mol. The van der Waals surface area contributed by atoms with Gasteiger partial charge in [-0.25, -0.2) is 0 Å². The van der Waals surface area contributed by atoms with Crippen LogP contribution in [0.25, 0.3) is 0 Å². The average molecular weight is 259 g/mol. The summed E-state index contributed by atoms with van der Waals surface area (Å²) in [5, 5.41) is 7.48. The molecule has 0 saturated carbocycles. The lowest BCUT2D eigenvalue weighted by molar-refractivity contribution is -0.125. The molecule has 1 aliphatic carbocycles. The van der Waals surface area contributed by atoms with Crippen LogP contribution in [0.15, 0.2) is 18.3 Å². The molecule has 0 fully saturated rings. The summed E-state index contributed by atoms with van der Waals surface area (Å²) in [5.41, 5.74) is 2.51. The first-order chi connectivity index (χ1) is 9.34. The maximum Gasteiger partial charge on any atom is 0.223 e. The van der Waals surface area contributed by atoms with Gasteiger partial charge in [-0.2, -0.15) is 5.10 Å². The Morgan fingerprint density at radius 2 is 2.37 bits per heavy atom. The van der Waals surface area contributed by atoms with Gasteiger partial charge in [0.25, 0.3) is 0 Å². The van der Waals surface area contributed by atoms with E-state index in [4.69, 9.17) is 0 Å². The van der Waals surface area contributed by atoms with Gasteiger partial charge in [0.1, 0.15) is 0 Å². The maximum absolute atomic E-state index is 12.1. The second kappa shape index (κ2) is 5.59. The van der Waals surface area contributed by atoms with Crippen LogP contribution in [-0.2, 0) is 24.3 Å². The highest BCUT2D eigenvalue weighted by molar-refractivity contribution is 5.78. The van der Waals surface area contributed by atoms with E-state index in [9.17, 15) is 4.79 Å². The molecule has 0 bridgehead atoms. The van der Waals surface area contributed by atoms with E-state index >= 15 is 0 Å². The summed E-state index contributed by atoms with van der Waals surface area (Å²) >= 11 is 0. The third kappa shape index (κ3) is 2.72. The predicted octanol–water partition coefficient (Wildman–Crippen LogP) is 2.19. The molecule has 4 nitrogen and oxygen atoms in total. The third-order valence-electron chi connectivity index (χ3n) is 4.16. The zero-order chi connectivity index (χ0) is 13.1. The van der Waals surface area contributed by atoms with Crippen LogP contribution in [0.2, 0.25) is 0 Å². The van der Waals surface area contributed by atoms with Gasteiger partial charge in [-0.1, -0.05) is 12.2 Å². The molecule has 1 aliphatic heterocycles. The van der Waals surface area contributed by atoms with Crippen LogP contribution in [0.4, 0.5) is 0 Å². The van der Waals surface area contributed by atoms with E-state index in [1.54, 1.807) is 0 Å². The summed E-state index contributed by atoms with van der Waals surface area (Å²) in [7, 11) is 0. The number of aromatic nitrogens is 2. The number of fused-ring (bicyclic) bond motifs is 1. The summed E-state index contributed by atoms with van der Waals surface area (Å²) in [5.74, 6) is 0.358. The van der Waals surface area contributed by atoms with Gasteiger partial charge in [-0.15, -0.1) is 0 Å².